The van der Waals surface area contributed by atoms with Crippen molar-refractivity contribution in [2.45, 2.75) is 6.61 Å². The fraction of sp³-hybridized carbons (Fsp3) is 0.0625. The molecule has 23 heavy (non-hydrogen) atoms. The molecule has 3 nitrogen and oxygen atoms in total. The number of aliphatic hydroxyl groups is 1. The summed E-state index contributed by atoms with van der Waals surface area (Å²) in [5, 5.41) is 13.4. The highest BCUT2D eigenvalue weighted by atomic mass is 79.9. The quantitative estimate of drug-likeness (QED) is 0.667. The third-order valence-electron chi connectivity index (χ3n) is 3.34. The van der Waals surface area contributed by atoms with E-state index in [9.17, 15) is 18.3 Å². The van der Waals surface area contributed by atoms with Crippen LogP contribution in [0.5, 0.6) is 0 Å². The maximum Gasteiger partial charge on any atom is 0.195 e. The molecule has 3 aromatic rings. The van der Waals surface area contributed by atoms with Crippen molar-refractivity contribution in [3.05, 3.63) is 63.9 Å². The van der Waals surface area contributed by atoms with Crippen LogP contribution in [0.15, 0.2) is 45.4 Å². The average molecular weight is 384 g/mol. The predicted octanol–water partition coefficient (Wildman–Crippen LogP) is 4.68. The summed E-state index contributed by atoms with van der Waals surface area (Å²) in [4.78, 5) is 0. The molecule has 2 aromatic carbocycles. The van der Waals surface area contributed by atoms with Gasteiger partial charge < -0.3 is 9.63 Å². The highest BCUT2D eigenvalue weighted by molar-refractivity contribution is 9.10. The fourth-order valence-electron chi connectivity index (χ4n) is 2.20. The zero-order chi connectivity index (χ0) is 16.6. The van der Waals surface area contributed by atoms with Crippen molar-refractivity contribution in [1.29, 1.82) is 0 Å². The molecule has 7 heteroatoms. The van der Waals surface area contributed by atoms with Crippen LogP contribution in [0, 0.1) is 17.5 Å². The SMILES string of the molecule is OCc1c(-c2ccc(Br)cc2)noc1-c1ccc(F)c(F)c1F. The van der Waals surface area contributed by atoms with Crippen molar-refractivity contribution < 1.29 is 22.8 Å². The number of rotatable bonds is 3. The second kappa shape index (κ2) is 6.17. The second-order valence-electron chi connectivity index (χ2n) is 4.73. The minimum Gasteiger partial charge on any atom is -0.391 e. The Bertz CT molecular complexity index is 863. The zero-order valence-electron chi connectivity index (χ0n) is 11.5. The normalized spacial score (nSPS) is 11.0. The van der Waals surface area contributed by atoms with E-state index >= 15 is 0 Å². The topological polar surface area (TPSA) is 46.3 Å². The average Bonchev–Trinajstić information content (AvgIpc) is 2.97. The van der Waals surface area contributed by atoms with Gasteiger partial charge in [-0.2, -0.15) is 0 Å². The van der Waals surface area contributed by atoms with E-state index < -0.39 is 24.1 Å². The van der Waals surface area contributed by atoms with Gasteiger partial charge in [0.1, 0.15) is 5.69 Å². The lowest BCUT2D eigenvalue weighted by Crippen LogP contribution is -1.96. The lowest BCUT2D eigenvalue weighted by Gasteiger charge is -2.04. The van der Waals surface area contributed by atoms with Gasteiger partial charge in [-0.05, 0) is 24.3 Å². The van der Waals surface area contributed by atoms with Gasteiger partial charge >= 0.3 is 0 Å². The Morgan fingerprint density at radius 2 is 1.70 bits per heavy atom. The Kier molecular flexibility index (Phi) is 4.23. The second-order valence-corrected chi connectivity index (χ2v) is 5.64. The van der Waals surface area contributed by atoms with Crippen LogP contribution in [-0.4, -0.2) is 10.3 Å². The van der Waals surface area contributed by atoms with Crippen molar-refractivity contribution in [1.82, 2.24) is 5.16 Å². The summed E-state index contributed by atoms with van der Waals surface area (Å²) in [5.74, 6) is -4.43. The first-order valence-electron chi connectivity index (χ1n) is 6.52. The summed E-state index contributed by atoms with van der Waals surface area (Å²) in [6.07, 6.45) is 0. The molecule has 118 valence electrons. The molecular weight excluding hydrogens is 375 g/mol. The number of benzene rings is 2. The van der Waals surface area contributed by atoms with E-state index in [0.717, 1.165) is 16.6 Å². The van der Waals surface area contributed by atoms with E-state index in [2.05, 4.69) is 21.1 Å². The van der Waals surface area contributed by atoms with Gasteiger partial charge in [0.05, 0.1) is 17.7 Å². The van der Waals surface area contributed by atoms with Crippen LogP contribution in [0.1, 0.15) is 5.56 Å². The maximum absolute atomic E-state index is 13.9. The summed E-state index contributed by atoms with van der Waals surface area (Å²) in [7, 11) is 0. The van der Waals surface area contributed by atoms with Crippen LogP contribution in [-0.2, 0) is 6.61 Å². The van der Waals surface area contributed by atoms with E-state index in [4.69, 9.17) is 4.52 Å². The van der Waals surface area contributed by atoms with E-state index in [1.807, 2.05) is 0 Å². The number of halogens is 4. The van der Waals surface area contributed by atoms with Gasteiger partial charge in [0.25, 0.3) is 0 Å². The summed E-state index contributed by atoms with van der Waals surface area (Å²) in [6, 6.07) is 8.82. The number of aromatic nitrogens is 1. The molecule has 1 heterocycles. The van der Waals surface area contributed by atoms with Gasteiger partial charge in [-0.15, -0.1) is 0 Å². The summed E-state index contributed by atoms with van der Waals surface area (Å²) in [5.41, 5.74) is 0.829. The molecule has 0 aliphatic heterocycles. The van der Waals surface area contributed by atoms with E-state index in [-0.39, 0.29) is 16.9 Å². The molecular formula is C16H9BrF3NO2. The minimum absolute atomic E-state index is 0.137. The van der Waals surface area contributed by atoms with Crippen molar-refractivity contribution in [3.63, 3.8) is 0 Å². The zero-order valence-corrected chi connectivity index (χ0v) is 13.1. The maximum atomic E-state index is 13.9. The van der Waals surface area contributed by atoms with Crippen molar-refractivity contribution in [2.75, 3.05) is 0 Å². The third kappa shape index (κ3) is 2.77. The van der Waals surface area contributed by atoms with Crippen LogP contribution in [0.4, 0.5) is 13.2 Å². The molecule has 0 aliphatic rings. The number of hydrogen-bond acceptors (Lipinski definition) is 3. The highest BCUT2D eigenvalue weighted by Crippen LogP contribution is 2.35. The van der Waals surface area contributed by atoms with E-state index in [1.54, 1.807) is 24.3 Å². The van der Waals surface area contributed by atoms with Gasteiger partial charge in [-0.3, -0.25) is 0 Å². The molecule has 0 fully saturated rings. The van der Waals surface area contributed by atoms with Crippen LogP contribution in [0.2, 0.25) is 0 Å². The molecule has 0 radical (unpaired) electrons. The monoisotopic (exact) mass is 383 g/mol. The van der Waals surface area contributed by atoms with Gasteiger partial charge in [0, 0.05) is 10.0 Å². The molecule has 0 saturated heterocycles. The molecule has 0 amide bonds. The van der Waals surface area contributed by atoms with E-state index in [1.165, 1.54) is 0 Å². The largest absolute Gasteiger partial charge is 0.391 e. The van der Waals surface area contributed by atoms with Gasteiger partial charge in [-0.25, -0.2) is 13.2 Å². The first-order valence-corrected chi connectivity index (χ1v) is 7.31. The van der Waals surface area contributed by atoms with E-state index in [0.29, 0.717) is 11.3 Å². The van der Waals surface area contributed by atoms with Crippen molar-refractivity contribution in [2.24, 2.45) is 0 Å². The Balaban J connectivity index is 2.16. The number of aliphatic hydroxyl groups excluding tert-OH is 1. The lowest BCUT2D eigenvalue weighted by atomic mass is 10.0. The van der Waals surface area contributed by atoms with Crippen LogP contribution in [0.3, 0.4) is 0 Å². The Morgan fingerprint density at radius 3 is 2.35 bits per heavy atom. The first kappa shape index (κ1) is 15.8. The van der Waals surface area contributed by atoms with Crippen LogP contribution >= 0.6 is 15.9 Å². The predicted molar refractivity (Wildman–Crippen MR) is 80.9 cm³/mol. The molecule has 0 spiro atoms. The summed E-state index contributed by atoms with van der Waals surface area (Å²) in [6.45, 7) is -0.497. The smallest absolute Gasteiger partial charge is 0.195 e. The van der Waals surface area contributed by atoms with Gasteiger partial charge in [0.2, 0.25) is 0 Å². The van der Waals surface area contributed by atoms with Crippen molar-refractivity contribution >= 4 is 15.9 Å². The molecule has 0 unspecified atom stereocenters. The molecule has 0 aliphatic carbocycles. The number of hydrogen-bond donors (Lipinski definition) is 1. The molecule has 1 aromatic heterocycles. The van der Waals surface area contributed by atoms with Gasteiger partial charge in [-0.1, -0.05) is 33.2 Å². The first-order chi connectivity index (χ1) is 11.0. The molecule has 0 saturated carbocycles. The minimum atomic E-state index is -1.60. The highest BCUT2D eigenvalue weighted by Gasteiger charge is 2.23. The number of nitrogens with zero attached hydrogens (tertiary/aromatic N) is 1. The van der Waals surface area contributed by atoms with Crippen LogP contribution < -0.4 is 0 Å². The lowest BCUT2D eigenvalue weighted by molar-refractivity contribution is 0.281. The Morgan fingerprint density at radius 1 is 1.00 bits per heavy atom. The van der Waals surface area contributed by atoms with Crippen LogP contribution in [0.25, 0.3) is 22.6 Å². The standard InChI is InChI=1S/C16H9BrF3NO2/c17-9-3-1-8(2-4-9)15-11(7-22)16(23-21-15)10-5-6-12(18)14(20)13(10)19/h1-6,22H,7H2. The molecule has 3 rings (SSSR count). The van der Waals surface area contributed by atoms with Crippen molar-refractivity contribution in [3.8, 4) is 22.6 Å². The third-order valence-corrected chi connectivity index (χ3v) is 3.87. The Hall–Kier alpha value is -2.12. The molecule has 0 bridgehead atoms. The summed E-state index contributed by atoms with van der Waals surface area (Å²) < 4.78 is 46.3. The summed E-state index contributed by atoms with van der Waals surface area (Å²) >= 11 is 3.30. The molecule has 1 N–H and O–H groups in total. The van der Waals surface area contributed by atoms with Gasteiger partial charge in [0.15, 0.2) is 23.2 Å². The Labute approximate surface area is 137 Å². The molecule has 0 atom stereocenters. The fourth-order valence-corrected chi connectivity index (χ4v) is 2.47.